The Kier molecular flexibility index (Phi) is 4.46. The summed E-state index contributed by atoms with van der Waals surface area (Å²) in [5.41, 5.74) is 3.00. The summed E-state index contributed by atoms with van der Waals surface area (Å²) < 4.78 is 12.9. The molecule has 2 atom stereocenters. The fourth-order valence-electron chi connectivity index (χ4n) is 28.1. The number of unbranched alkanes of at least 4 members (excludes halogenated alkanes) is 5. The van der Waals surface area contributed by atoms with E-state index in [9.17, 15) is 4.79 Å². The number of methoxy groups -OCH3 is 2. The number of hydrogen-bond donors (Lipinski definition) is 1. The summed E-state index contributed by atoms with van der Waals surface area (Å²) in [4.78, 5) is 65.0. The standard InChI is InChI=1S/C82H30N2O6/c1-89-79(87)77-81-73-65-57-47-37-29-21-19-20-23-27-25(21)33-41-35(27)45-39-31(23)32-24(20)28-26-22(19)30(29)38-44-34(26)42-36(28)46-40(32)50-49(39)59-53(45)63-55(41)61(51(57)43(33)37)69(73)71(63)75-67(59)68-60(50)54(46)64-56(42)62-52(44)58(48(38)47)66(65)74(81)70(62)72(64)76(68)82(75,81)78(80(88)90-2)84(77)18(86)15-11-6-4-3-5-10-14-17(85)83-16-12-8-7-9-13-16/h7-9,12-13,77-78H,3-6,10-11,14-15H2,1-2H3,(H,83,85)/t77-,78+,81?,82?. The largest absolute Gasteiger partial charge is 0.467 e. The maximum absolute atomic E-state index is 16.8. The number of likely N-dealkylation sites (tertiary alicyclic amines) is 1. The Morgan fingerprint density at radius 1 is 0.311 bits per heavy atom. The van der Waals surface area contributed by atoms with Crippen molar-refractivity contribution in [3.05, 3.63) is 52.6 Å². The molecule has 4 aliphatic carbocycles. The first-order chi connectivity index (χ1) is 44.5. The van der Waals surface area contributed by atoms with Gasteiger partial charge in [0.25, 0.3) is 0 Å². The Morgan fingerprint density at radius 2 is 0.522 bits per heavy atom. The topological polar surface area (TPSA) is 102 Å². The lowest BCUT2D eigenvalue weighted by Crippen LogP contribution is -2.59. The molecule has 1 saturated heterocycles. The van der Waals surface area contributed by atoms with Gasteiger partial charge in [-0.2, -0.15) is 0 Å². The normalized spacial score (nSPS) is 21.6. The lowest BCUT2D eigenvalue weighted by molar-refractivity contribution is -0.159. The SMILES string of the molecule is COC(=O)[C@@H]1N(C(=O)CCCCCCCCC(=O)Nc2ccccc2)[C@H](C(=O)OC)C23c4c5c6c7c8c9c(c%10c%11c2c2c4c4c%12c5c5c6c6c8c8c%13c9c9c%10c%10c%11c%11c2c2c4c4c%12c%12c5c5c6c8c6c8c%13c9c9c%10c%10c%11c2c2c4c4c%12c5c6c5c8c9c%10c2c45)C713. The van der Waals surface area contributed by atoms with Gasteiger partial charge in [0.2, 0.25) is 11.8 Å². The number of amides is 2. The summed E-state index contributed by atoms with van der Waals surface area (Å²) in [6.45, 7) is 0. The van der Waals surface area contributed by atoms with E-state index in [4.69, 9.17) is 9.47 Å². The predicted molar refractivity (Wildman–Crippen MR) is 364 cm³/mol. The summed E-state index contributed by atoms with van der Waals surface area (Å²) in [7, 11) is 3.05. The number of benzene rings is 19. The van der Waals surface area contributed by atoms with E-state index in [1.54, 1.807) is 10.8 Å². The number of nitrogens with zero attached hydrogens (tertiary/aromatic N) is 1. The fraction of sp³-hybridized carbons (Fsp3) is 0.171. The van der Waals surface area contributed by atoms with Crippen molar-refractivity contribution < 1.29 is 28.7 Å². The number of carbonyl (C=O) groups excluding carboxylic acids is 4. The predicted octanol–water partition coefficient (Wildman–Crippen LogP) is 19.0. The Morgan fingerprint density at radius 3 is 0.756 bits per heavy atom. The number of anilines is 1. The van der Waals surface area contributed by atoms with E-state index in [1.807, 2.05) is 35.2 Å². The zero-order chi connectivity index (χ0) is 56.4. The van der Waals surface area contributed by atoms with Crippen LogP contribution < -0.4 is 5.32 Å². The Balaban J connectivity index is 0.799. The number of rotatable bonds is 12. The molecule has 8 heteroatoms. The second-order valence-corrected chi connectivity index (χ2v) is 30.6. The van der Waals surface area contributed by atoms with Gasteiger partial charge in [-0.15, -0.1) is 0 Å². The molecular weight excluding hydrogens is 1110 g/mol. The summed E-state index contributed by atoms with van der Waals surface area (Å²) in [6.07, 6.45) is 5.58. The van der Waals surface area contributed by atoms with Gasteiger partial charge in [-0.05, 0) is 338 Å². The highest BCUT2D eigenvalue weighted by Crippen LogP contribution is 2.87. The van der Waals surface area contributed by atoms with Gasteiger partial charge in [0.1, 0.15) is 12.1 Å². The van der Waals surface area contributed by atoms with Crippen LogP contribution in [0, 0.1) is 0 Å². The first kappa shape index (κ1) is 39.5. The second-order valence-electron chi connectivity index (χ2n) is 30.6. The summed E-state index contributed by atoms with van der Waals surface area (Å²) >= 11 is 0. The molecule has 0 saturated carbocycles. The molecule has 0 radical (unpaired) electrons. The average Bonchev–Trinajstić information content (AvgIpc) is 1.38. The average molecular weight is 1140 g/mol. The van der Waals surface area contributed by atoms with E-state index < -0.39 is 34.9 Å². The van der Waals surface area contributed by atoms with Crippen LogP contribution in [0.3, 0.4) is 0 Å². The zero-order valence-electron chi connectivity index (χ0n) is 47.6. The molecule has 2 spiro atoms. The van der Waals surface area contributed by atoms with Crippen molar-refractivity contribution in [2.24, 2.45) is 0 Å². The third-order valence-electron chi connectivity index (χ3n) is 29.1. The van der Waals surface area contributed by atoms with Gasteiger partial charge < -0.3 is 19.7 Å². The summed E-state index contributed by atoms with van der Waals surface area (Å²) in [6, 6.07) is 7.24. The number of ether oxygens (including phenoxy) is 2. The van der Waals surface area contributed by atoms with Gasteiger partial charge in [0.05, 0.1) is 25.0 Å². The molecule has 1 aliphatic heterocycles. The molecule has 34 rings (SSSR count). The molecule has 1 fully saturated rings. The number of nitrogens with one attached hydrogen (secondary N) is 1. The van der Waals surface area contributed by atoms with E-state index in [2.05, 4.69) is 5.32 Å². The van der Waals surface area contributed by atoms with Crippen molar-refractivity contribution in [1.29, 1.82) is 0 Å². The maximum atomic E-state index is 16.8. The van der Waals surface area contributed by atoms with E-state index in [0.29, 0.717) is 12.8 Å². The lowest BCUT2D eigenvalue weighted by Gasteiger charge is -2.51. The molecule has 2 amide bonds. The highest BCUT2D eigenvalue weighted by atomic mass is 16.5. The molecule has 1 heterocycles. The summed E-state index contributed by atoms with van der Waals surface area (Å²) in [5, 5.41) is 80.0. The van der Waals surface area contributed by atoms with E-state index in [1.165, 1.54) is 317 Å². The number of hydrogen-bond acceptors (Lipinski definition) is 6. The monoisotopic (exact) mass is 1140 g/mol. The quantitative estimate of drug-likeness (QED) is 0.0743. The molecular formula is C82H30N2O6. The molecule has 0 unspecified atom stereocenters. The van der Waals surface area contributed by atoms with Crippen LogP contribution in [-0.4, -0.2) is 55.0 Å². The highest BCUT2D eigenvalue weighted by Gasteiger charge is 2.83. The van der Waals surface area contributed by atoms with Crippen LogP contribution in [-0.2, 0) is 39.5 Å². The van der Waals surface area contributed by atoms with Crippen LogP contribution >= 0.6 is 0 Å². The van der Waals surface area contributed by atoms with Crippen LogP contribution in [0.1, 0.15) is 73.6 Å². The molecule has 29 aromatic rings. The summed E-state index contributed by atoms with van der Waals surface area (Å²) in [5.74, 6) is -1.07. The number of para-hydroxylation sites is 1. The van der Waals surface area contributed by atoms with Crippen LogP contribution in [0.2, 0.25) is 0 Å². The second kappa shape index (κ2) is 10.2. The van der Waals surface area contributed by atoms with Gasteiger partial charge in [0.15, 0.2) is 0 Å². The molecule has 1 N–H and O–H groups in total. The molecule has 8 nitrogen and oxygen atoms in total. The highest BCUT2D eigenvalue weighted by molar-refractivity contribution is 6.82. The van der Waals surface area contributed by atoms with Crippen molar-refractivity contribution in [3.63, 3.8) is 0 Å². The number of esters is 2. The Bertz CT molecular complexity index is 7550. The van der Waals surface area contributed by atoms with Crippen LogP contribution in [0.15, 0.2) is 30.3 Å². The maximum Gasteiger partial charge on any atom is 0.329 e. The minimum atomic E-state index is -1.28. The van der Waals surface area contributed by atoms with E-state index in [0.717, 1.165) is 37.8 Å². The van der Waals surface area contributed by atoms with Crippen molar-refractivity contribution in [2.45, 2.75) is 74.3 Å². The van der Waals surface area contributed by atoms with Gasteiger partial charge in [-0.1, -0.05) is 43.9 Å². The van der Waals surface area contributed by atoms with Gasteiger partial charge in [-0.25, -0.2) is 9.59 Å². The minimum absolute atomic E-state index is 0.0240. The first-order valence-corrected chi connectivity index (χ1v) is 33.1. The Hall–Kier alpha value is -10.4. The smallest absolute Gasteiger partial charge is 0.329 e. The molecule has 29 aromatic carbocycles. The molecule has 90 heavy (non-hydrogen) atoms. The molecule has 0 aromatic heterocycles. The fourth-order valence-corrected chi connectivity index (χ4v) is 28.1. The van der Waals surface area contributed by atoms with Crippen molar-refractivity contribution in [2.75, 3.05) is 19.5 Å². The van der Waals surface area contributed by atoms with Crippen LogP contribution in [0.4, 0.5) is 5.69 Å². The molecule has 5 aliphatic rings. The number of carbonyl (C=O) groups is 4. The molecule has 0 bridgehead atoms. The third kappa shape index (κ3) is 2.56. The van der Waals surface area contributed by atoms with Crippen LogP contribution in [0.25, 0.3) is 291 Å². The van der Waals surface area contributed by atoms with Crippen molar-refractivity contribution in [3.8, 4) is 0 Å². The van der Waals surface area contributed by atoms with Crippen LogP contribution in [0.5, 0.6) is 0 Å². The lowest BCUT2D eigenvalue weighted by atomic mass is 9.46. The van der Waals surface area contributed by atoms with Gasteiger partial charge >= 0.3 is 11.9 Å². The van der Waals surface area contributed by atoms with E-state index in [-0.39, 0.29) is 18.2 Å². The van der Waals surface area contributed by atoms with Gasteiger partial charge in [-0.3, -0.25) is 9.59 Å². The molecule has 404 valence electrons. The van der Waals surface area contributed by atoms with Crippen molar-refractivity contribution >= 4 is 320 Å². The van der Waals surface area contributed by atoms with Crippen molar-refractivity contribution in [1.82, 2.24) is 4.90 Å². The zero-order valence-corrected chi connectivity index (χ0v) is 47.6. The van der Waals surface area contributed by atoms with E-state index >= 15 is 14.4 Å². The first-order valence-electron chi connectivity index (χ1n) is 33.1. The van der Waals surface area contributed by atoms with Gasteiger partial charge in [0, 0.05) is 18.5 Å². The third-order valence-corrected chi connectivity index (χ3v) is 29.1. The minimum Gasteiger partial charge on any atom is -0.467 e. The Labute approximate surface area is 497 Å².